The molecule has 0 saturated heterocycles. The molecule has 4 aromatic carbocycles. The molecule has 10 rings (SSSR count). The van der Waals surface area contributed by atoms with Crippen LogP contribution in [0, 0.1) is 0 Å². The molecule has 1 fully saturated rings. The molecule has 0 radical (unpaired) electrons. The van der Waals surface area contributed by atoms with Gasteiger partial charge in [0.15, 0.2) is 5.13 Å². The lowest BCUT2D eigenvalue weighted by Gasteiger charge is -2.44. The Bertz CT molecular complexity index is 2450. The van der Waals surface area contributed by atoms with E-state index in [2.05, 4.69) is 129 Å². The van der Waals surface area contributed by atoms with Crippen LogP contribution < -0.4 is 14.5 Å². The first-order valence-corrected chi connectivity index (χ1v) is 18.8. The van der Waals surface area contributed by atoms with E-state index in [0.29, 0.717) is 0 Å². The standard InChI is InChI=1S/C44H36N6OS/c1-2-18-39-33(13-1)34-22-21-32(28-42(34)50(39)44-47-25-26-52-44)51-31-12-9-11-30(27-31)48-29-49(41-20-4-3-19-40(41)48)43-35(37-16-5-7-23-45-37)14-10-15-36(43)38-17-6-8-24-46-38/h1-9,11-13,16-28,35-36,43H,10,14-15,29H2. The largest absolute Gasteiger partial charge is 0.457 e. The van der Waals surface area contributed by atoms with E-state index in [1.54, 1.807) is 11.3 Å². The van der Waals surface area contributed by atoms with Crippen molar-refractivity contribution in [1.82, 2.24) is 19.5 Å². The van der Waals surface area contributed by atoms with Crippen molar-refractivity contribution >= 4 is 50.2 Å². The maximum absolute atomic E-state index is 6.65. The van der Waals surface area contributed by atoms with Gasteiger partial charge in [0, 0.05) is 81.8 Å². The fourth-order valence-electron chi connectivity index (χ4n) is 8.56. The summed E-state index contributed by atoms with van der Waals surface area (Å²) in [5, 5.41) is 5.34. The second kappa shape index (κ2) is 13.0. The molecule has 52 heavy (non-hydrogen) atoms. The summed E-state index contributed by atoms with van der Waals surface area (Å²) in [6.45, 7) is 0.722. The Morgan fingerprint density at radius 2 is 1.31 bits per heavy atom. The molecule has 0 N–H and O–H groups in total. The van der Waals surface area contributed by atoms with E-state index in [0.717, 1.165) is 70.7 Å². The van der Waals surface area contributed by atoms with Gasteiger partial charge in [0.25, 0.3) is 0 Å². The summed E-state index contributed by atoms with van der Waals surface area (Å²) in [5.74, 6) is 2.13. The number of benzene rings is 4. The molecule has 8 aromatic rings. The highest BCUT2D eigenvalue weighted by Gasteiger charge is 2.43. The Morgan fingerprint density at radius 1 is 0.596 bits per heavy atom. The SMILES string of the molecule is c1ccc(C2CCCC(c3ccccn3)C2N2CN(c3cccc(Oc4ccc5c6ccccc6n(-c6nccs6)c5c4)c3)c3ccccc32)nc1. The molecule has 8 heteroatoms. The molecule has 0 amide bonds. The topological polar surface area (TPSA) is 59.3 Å². The lowest BCUT2D eigenvalue weighted by atomic mass is 9.73. The number of hydrogen-bond donors (Lipinski definition) is 0. The van der Waals surface area contributed by atoms with Gasteiger partial charge in [0.1, 0.15) is 11.5 Å². The maximum Gasteiger partial charge on any atom is 0.194 e. The average molecular weight is 697 g/mol. The highest BCUT2D eigenvalue weighted by Crippen LogP contribution is 2.50. The third-order valence-corrected chi connectivity index (χ3v) is 11.5. The fraction of sp³-hybridized carbons (Fsp3) is 0.159. The van der Waals surface area contributed by atoms with E-state index < -0.39 is 0 Å². The fourth-order valence-corrected chi connectivity index (χ4v) is 9.23. The van der Waals surface area contributed by atoms with Crippen molar-refractivity contribution in [3.8, 4) is 16.6 Å². The van der Waals surface area contributed by atoms with Gasteiger partial charge in [-0.1, -0.05) is 55.0 Å². The van der Waals surface area contributed by atoms with Gasteiger partial charge >= 0.3 is 0 Å². The maximum atomic E-state index is 6.65. The first kappa shape index (κ1) is 30.8. The number of ether oxygens (including phenoxy) is 1. The molecular weight excluding hydrogens is 661 g/mol. The molecule has 4 aromatic heterocycles. The van der Waals surface area contributed by atoms with E-state index in [4.69, 9.17) is 14.7 Å². The van der Waals surface area contributed by atoms with Crippen molar-refractivity contribution < 1.29 is 4.74 Å². The van der Waals surface area contributed by atoms with Crippen LogP contribution in [0.5, 0.6) is 11.5 Å². The first-order chi connectivity index (χ1) is 25.8. The minimum absolute atomic E-state index is 0.195. The minimum Gasteiger partial charge on any atom is -0.457 e. The van der Waals surface area contributed by atoms with Crippen molar-refractivity contribution in [3.63, 3.8) is 0 Å². The van der Waals surface area contributed by atoms with Gasteiger partial charge in [-0.15, -0.1) is 11.3 Å². The normalized spacial score (nSPS) is 18.6. The van der Waals surface area contributed by atoms with E-state index in [-0.39, 0.29) is 17.9 Å². The summed E-state index contributed by atoms with van der Waals surface area (Å²) >= 11 is 1.63. The van der Waals surface area contributed by atoms with Crippen LogP contribution in [0.3, 0.4) is 0 Å². The van der Waals surface area contributed by atoms with Crippen LogP contribution in [-0.2, 0) is 0 Å². The third-order valence-electron chi connectivity index (χ3n) is 10.7. The van der Waals surface area contributed by atoms with Gasteiger partial charge in [-0.3, -0.25) is 14.5 Å². The molecule has 1 aliphatic carbocycles. The zero-order chi connectivity index (χ0) is 34.4. The lowest BCUT2D eigenvalue weighted by molar-refractivity contribution is 0.316. The summed E-state index contributed by atoms with van der Waals surface area (Å²) in [4.78, 5) is 19.5. The van der Waals surface area contributed by atoms with Gasteiger partial charge in [-0.05, 0) is 79.6 Å². The Balaban J connectivity index is 1.01. The lowest BCUT2D eigenvalue weighted by Crippen LogP contribution is -2.47. The Kier molecular flexibility index (Phi) is 7.68. The molecule has 2 atom stereocenters. The van der Waals surface area contributed by atoms with E-state index in [1.807, 2.05) is 42.2 Å². The number of aromatic nitrogens is 4. The average Bonchev–Trinajstić information content (AvgIpc) is 3.95. The van der Waals surface area contributed by atoms with Crippen LogP contribution in [0.4, 0.5) is 17.1 Å². The Hall–Kier alpha value is -5.99. The van der Waals surface area contributed by atoms with Gasteiger partial charge in [0.2, 0.25) is 0 Å². The highest BCUT2D eigenvalue weighted by atomic mass is 32.1. The number of rotatable bonds is 7. The van der Waals surface area contributed by atoms with Crippen molar-refractivity contribution in [1.29, 1.82) is 0 Å². The summed E-state index contributed by atoms with van der Waals surface area (Å²) < 4.78 is 8.88. The second-order valence-electron chi connectivity index (χ2n) is 13.6. The monoisotopic (exact) mass is 696 g/mol. The molecular formula is C44H36N6OS. The molecule has 254 valence electrons. The van der Waals surface area contributed by atoms with E-state index in [1.165, 1.54) is 22.1 Å². The third kappa shape index (κ3) is 5.29. The van der Waals surface area contributed by atoms with Crippen LogP contribution in [0.1, 0.15) is 42.5 Å². The number of nitrogens with zero attached hydrogens (tertiary/aromatic N) is 6. The number of pyridine rings is 2. The quantitative estimate of drug-likeness (QED) is 0.165. The van der Waals surface area contributed by atoms with E-state index >= 15 is 0 Å². The van der Waals surface area contributed by atoms with Gasteiger partial charge < -0.3 is 14.5 Å². The predicted octanol–water partition coefficient (Wildman–Crippen LogP) is 10.9. The zero-order valence-electron chi connectivity index (χ0n) is 28.5. The zero-order valence-corrected chi connectivity index (χ0v) is 29.3. The van der Waals surface area contributed by atoms with Crippen molar-refractivity contribution in [3.05, 3.63) is 163 Å². The van der Waals surface area contributed by atoms with Gasteiger partial charge in [-0.2, -0.15) is 0 Å². The number of anilines is 3. The Morgan fingerprint density at radius 3 is 2.06 bits per heavy atom. The van der Waals surface area contributed by atoms with Crippen LogP contribution in [0.2, 0.25) is 0 Å². The highest BCUT2D eigenvalue weighted by molar-refractivity contribution is 7.12. The summed E-state index contributed by atoms with van der Waals surface area (Å²) in [5.41, 5.74) is 8.05. The molecule has 1 saturated carbocycles. The van der Waals surface area contributed by atoms with E-state index in [9.17, 15) is 0 Å². The molecule has 0 bridgehead atoms. The molecule has 5 heterocycles. The smallest absolute Gasteiger partial charge is 0.194 e. The van der Waals surface area contributed by atoms with Crippen molar-refractivity contribution in [2.75, 3.05) is 16.5 Å². The number of fused-ring (bicyclic) bond motifs is 4. The predicted molar refractivity (Wildman–Crippen MR) is 210 cm³/mol. The van der Waals surface area contributed by atoms with Crippen molar-refractivity contribution in [2.45, 2.75) is 37.1 Å². The molecule has 2 aliphatic rings. The number of para-hydroxylation sites is 3. The second-order valence-corrected chi connectivity index (χ2v) is 14.5. The number of thiazole rings is 1. The van der Waals surface area contributed by atoms with Crippen molar-refractivity contribution in [2.24, 2.45) is 0 Å². The molecule has 0 spiro atoms. The van der Waals surface area contributed by atoms with Crippen LogP contribution >= 0.6 is 11.3 Å². The van der Waals surface area contributed by atoms with Gasteiger partial charge in [-0.25, -0.2) is 4.98 Å². The molecule has 1 aliphatic heterocycles. The van der Waals surface area contributed by atoms with Crippen LogP contribution in [-0.4, -0.2) is 32.2 Å². The van der Waals surface area contributed by atoms with Gasteiger partial charge in [0.05, 0.1) is 29.1 Å². The van der Waals surface area contributed by atoms with Crippen LogP contribution in [0.25, 0.3) is 26.9 Å². The molecule has 2 unspecified atom stereocenters. The molecule has 7 nitrogen and oxygen atoms in total. The summed E-state index contributed by atoms with van der Waals surface area (Å²) in [6, 6.07) is 45.0. The van der Waals surface area contributed by atoms with Crippen LogP contribution in [0.15, 0.2) is 151 Å². The number of hydrogen-bond acceptors (Lipinski definition) is 7. The summed E-state index contributed by atoms with van der Waals surface area (Å²) in [7, 11) is 0. The first-order valence-electron chi connectivity index (χ1n) is 18.0. The summed E-state index contributed by atoms with van der Waals surface area (Å²) in [6.07, 6.45) is 9.06. The Labute approximate surface area is 306 Å². The minimum atomic E-state index is 0.195.